The Kier molecular flexibility index (Phi) is 5.82. The molecule has 4 nitrogen and oxygen atoms in total. The lowest BCUT2D eigenvalue weighted by Crippen LogP contribution is -2.57. The average Bonchev–Trinajstić information content (AvgIpc) is 3.14. The Morgan fingerprint density at radius 2 is 2.00 bits per heavy atom. The molecule has 1 aromatic rings. The van der Waals surface area contributed by atoms with Crippen molar-refractivity contribution in [2.24, 2.45) is 0 Å². The van der Waals surface area contributed by atoms with Crippen molar-refractivity contribution in [2.75, 3.05) is 19.6 Å². The Hall–Kier alpha value is -0.870. The molecule has 0 spiro atoms. The number of nitrogens with zero attached hydrogens (tertiary/aromatic N) is 3. The standard InChI is InChI=1S/C17H32N4/c1-5-9-18-16(12-15-13-19-21(6-2)14-15)17(3,4)20-10-7-8-11-20/h13-14,16,18H,5-12H2,1-4H3. The van der Waals surface area contributed by atoms with Gasteiger partial charge in [-0.2, -0.15) is 5.10 Å². The zero-order valence-corrected chi connectivity index (χ0v) is 14.2. The summed E-state index contributed by atoms with van der Waals surface area (Å²) in [6.45, 7) is 13.7. The predicted molar refractivity (Wildman–Crippen MR) is 88.6 cm³/mol. The molecule has 1 N–H and O–H groups in total. The fraction of sp³-hybridized carbons (Fsp3) is 0.824. The van der Waals surface area contributed by atoms with Crippen molar-refractivity contribution in [3.63, 3.8) is 0 Å². The second-order valence-corrected chi connectivity index (χ2v) is 6.76. The molecule has 2 heterocycles. The van der Waals surface area contributed by atoms with Gasteiger partial charge in [-0.1, -0.05) is 6.92 Å². The third-order valence-electron chi connectivity index (χ3n) is 4.87. The molecule has 0 radical (unpaired) electrons. The van der Waals surface area contributed by atoms with Gasteiger partial charge in [0, 0.05) is 24.3 Å². The van der Waals surface area contributed by atoms with Gasteiger partial charge in [0.05, 0.1) is 6.20 Å². The molecule has 0 aliphatic carbocycles. The van der Waals surface area contributed by atoms with Crippen LogP contribution in [0.25, 0.3) is 0 Å². The van der Waals surface area contributed by atoms with Gasteiger partial charge in [-0.05, 0) is 71.7 Å². The smallest absolute Gasteiger partial charge is 0.0522 e. The van der Waals surface area contributed by atoms with Gasteiger partial charge >= 0.3 is 0 Å². The molecule has 1 atom stereocenters. The van der Waals surface area contributed by atoms with Gasteiger partial charge < -0.3 is 5.32 Å². The van der Waals surface area contributed by atoms with E-state index in [-0.39, 0.29) is 5.54 Å². The summed E-state index contributed by atoms with van der Waals surface area (Å²) in [6.07, 6.45) is 9.16. The molecule has 1 saturated heterocycles. The maximum absolute atomic E-state index is 4.42. The number of aromatic nitrogens is 2. The van der Waals surface area contributed by atoms with Crippen molar-refractivity contribution in [3.8, 4) is 0 Å². The molecule has 120 valence electrons. The normalized spacial score (nSPS) is 18.3. The zero-order valence-electron chi connectivity index (χ0n) is 14.2. The van der Waals surface area contributed by atoms with E-state index in [1.54, 1.807) is 0 Å². The third kappa shape index (κ3) is 4.07. The highest BCUT2D eigenvalue weighted by Gasteiger charge is 2.36. The number of likely N-dealkylation sites (tertiary alicyclic amines) is 1. The van der Waals surface area contributed by atoms with Crippen LogP contribution in [0.15, 0.2) is 12.4 Å². The van der Waals surface area contributed by atoms with E-state index in [9.17, 15) is 0 Å². The predicted octanol–water partition coefficient (Wildman–Crippen LogP) is 2.69. The van der Waals surface area contributed by atoms with Crippen LogP contribution < -0.4 is 5.32 Å². The van der Waals surface area contributed by atoms with Gasteiger partial charge in [0.25, 0.3) is 0 Å². The monoisotopic (exact) mass is 292 g/mol. The van der Waals surface area contributed by atoms with E-state index in [1.165, 1.54) is 37.9 Å². The molecule has 21 heavy (non-hydrogen) atoms. The van der Waals surface area contributed by atoms with E-state index in [2.05, 4.69) is 49.2 Å². The summed E-state index contributed by atoms with van der Waals surface area (Å²) in [5.74, 6) is 0. The largest absolute Gasteiger partial charge is 0.312 e. The molecular formula is C17H32N4. The maximum Gasteiger partial charge on any atom is 0.0522 e. The first kappa shape index (κ1) is 16.5. The summed E-state index contributed by atoms with van der Waals surface area (Å²) >= 11 is 0. The Morgan fingerprint density at radius 3 is 2.57 bits per heavy atom. The quantitative estimate of drug-likeness (QED) is 0.800. The van der Waals surface area contributed by atoms with Crippen molar-refractivity contribution >= 4 is 0 Å². The number of rotatable bonds is 8. The highest BCUT2D eigenvalue weighted by molar-refractivity contribution is 5.10. The fourth-order valence-electron chi connectivity index (χ4n) is 3.32. The minimum absolute atomic E-state index is 0.194. The third-order valence-corrected chi connectivity index (χ3v) is 4.87. The van der Waals surface area contributed by atoms with E-state index in [0.29, 0.717) is 6.04 Å². The van der Waals surface area contributed by atoms with Gasteiger partial charge in [-0.15, -0.1) is 0 Å². The van der Waals surface area contributed by atoms with E-state index in [1.807, 2.05) is 10.9 Å². The van der Waals surface area contributed by atoms with Crippen LogP contribution in [0.4, 0.5) is 0 Å². The molecular weight excluding hydrogens is 260 g/mol. The van der Waals surface area contributed by atoms with Crippen LogP contribution in [0.1, 0.15) is 52.5 Å². The van der Waals surface area contributed by atoms with Crippen molar-refractivity contribution < 1.29 is 0 Å². The molecule has 0 aromatic carbocycles. The molecule has 1 fully saturated rings. The lowest BCUT2D eigenvalue weighted by Gasteiger charge is -2.42. The molecule has 0 saturated carbocycles. The van der Waals surface area contributed by atoms with Gasteiger partial charge in [0.1, 0.15) is 0 Å². The topological polar surface area (TPSA) is 33.1 Å². The van der Waals surface area contributed by atoms with Crippen LogP contribution in [0.3, 0.4) is 0 Å². The summed E-state index contributed by atoms with van der Waals surface area (Å²) in [5, 5.41) is 8.21. The highest BCUT2D eigenvalue weighted by atomic mass is 15.3. The molecule has 1 aliphatic rings. The second-order valence-electron chi connectivity index (χ2n) is 6.76. The summed E-state index contributed by atoms with van der Waals surface area (Å²) < 4.78 is 2.02. The van der Waals surface area contributed by atoms with E-state index >= 15 is 0 Å². The van der Waals surface area contributed by atoms with Crippen LogP contribution in [-0.4, -0.2) is 45.9 Å². The first-order valence-corrected chi connectivity index (χ1v) is 8.57. The first-order valence-electron chi connectivity index (χ1n) is 8.57. The molecule has 0 bridgehead atoms. The summed E-state index contributed by atoms with van der Waals surface area (Å²) in [6, 6.07) is 0.477. The SMILES string of the molecule is CCCNC(Cc1cnn(CC)c1)C(C)(C)N1CCCC1. The molecule has 4 heteroatoms. The zero-order chi connectivity index (χ0) is 15.3. The number of aryl methyl sites for hydroxylation is 1. The van der Waals surface area contributed by atoms with Gasteiger partial charge in [0.2, 0.25) is 0 Å². The van der Waals surface area contributed by atoms with E-state index < -0.39 is 0 Å². The average molecular weight is 292 g/mol. The van der Waals surface area contributed by atoms with Crippen molar-refractivity contribution in [3.05, 3.63) is 18.0 Å². The lowest BCUT2D eigenvalue weighted by atomic mass is 9.88. The molecule has 2 rings (SSSR count). The molecule has 1 aromatic heterocycles. The Bertz CT molecular complexity index is 418. The number of hydrogen-bond acceptors (Lipinski definition) is 3. The van der Waals surface area contributed by atoms with Crippen LogP contribution in [-0.2, 0) is 13.0 Å². The maximum atomic E-state index is 4.42. The lowest BCUT2D eigenvalue weighted by molar-refractivity contribution is 0.106. The highest BCUT2D eigenvalue weighted by Crippen LogP contribution is 2.26. The minimum Gasteiger partial charge on any atom is -0.312 e. The fourth-order valence-corrected chi connectivity index (χ4v) is 3.32. The summed E-state index contributed by atoms with van der Waals surface area (Å²) in [5.41, 5.74) is 1.54. The molecule has 1 unspecified atom stereocenters. The van der Waals surface area contributed by atoms with Gasteiger partial charge in [0.15, 0.2) is 0 Å². The summed E-state index contributed by atoms with van der Waals surface area (Å²) in [7, 11) is 0. The van der Waals surface area contributed by atoms with E-state index in [4.69, 9.17) is 0 Å². The van der Waals surface area contributed by atoms with Crippen LogP contribution in [0.2, 0.25) is 0 Å². The number of nitrogens with one attached hydrogen (secondary N) is 1. The Labute approximate surface area is 129 Å². The second kappa shape index (κ2) is 7.41. The van der Waals surface area contributed by atoms with Crippen molar-refractivity contribution in [1.82, 2.24) is 20.0 Å². The van der Waals surface area contributed by atoms with Crippen molar-refractivity contribution in [2.45, 2.75) is 71.5 Å². The molecule has 0 amide bonds. The van der Waals surface area contributed by atoms with E-state index in [0.717, 1.165) is 19.5 Å². The number of hydrogen-bond donors (Lipinski definition) is 1. The van der Waals surface area contributed by atoms with Crippen LogP contribution in [0, 0.1) is 0 Å². The van der Waals surface area contributed by atoms with Crippen LogP contribution in [0.5, 0.6) is 0 Å². The Morgan fingerprint density at radius 1 is 1.29 bits per heavy atom. The first-order chi connectivity index (χ1) is 10.1. The minimum atomic E-state index is 0.194. The van der Waals surface area contributed by atoms with Gasteiger partial charge in [-0.25, -0.2) is 0 Å². The van der Waals surface area contributed by atoms with Crippen molar-refractivity contribution in [1.29, 1.82) is 0 Å². The van der Waals surface area contributed by atoms with Crippen LogP contribution >= 0.6 is 0 Å². The summed E-state index contributed by atoms with van der Waals surface area (Å²) in [4.78, 5) is 2.66. The Balaban J connectivity index is 2.08. The molecule has 1 aliphatic heterocycles. The van der Waals surface area contributed by atoms with Gasteiger partial charge in [-0.3, -0.25) is 9.58 Å².